The van der Waals surface area contributed by atoms with E-state index in [1.54, 1.807) is 12.1 Å². The predicted molar refractivity (Wildman–Crippen MR) is 147 cm³/mol. The van der Waals surface area contributed by atoms with Crippen LogP contribution in [0.3, 0.4) is 0 Å². The van der Waals surface area contributed by atoms with Crippen molar-refractivity contribution in [1.29, 1.82) is 0 Å². The first kappa shape index (κ1) is 26.6. The van der Waals surface area contributed by atoms with Crippen LogP contribution in [0.2, 0.25) is 0 Å². The Hall–Kier alpha value is -2.41. The Morgan fingerprint density at radius 3 is 2.14 bits per heavy atom. The number of fused-ring (bicyclic) bond motifs is 1. The fraction of sp³-hybridized carbons (Fsp3) is 0.467. The van der Waals surface area contributed by atoms with E-state index in [0.717, 1.165) is 58.9 Å². The molecule has 1 fully saturated rings. The minimum Gasteiger partial charge on any atom is -0.490 e. The minimum absolute atomic E-state index is 0.149. The Morgan fingerprint density at radius 1 is 0.944 bits per heavy atom. The third kappa shape index (κ3) is 5.61. The van der Waals surface area contributed by atoms with Gasteiger partial charge in [0, 0.05) is 11.8 Å². The predicted octanol–water partition coefficient (Wildman–Crippen LogP) is 6.06. The third-order valence-corrected chi connectivity index (χ3v) is 8.86. The summed E-state index contributed by atoms with van der Waals surface area (Å²) in [4.78, 5) is 0.290. The summed E-state index contributed by atoms with van der Waals surface area (Å²) in [5, 5.41) is 11.7. The SMILES string of the molecule is CC(C)(C)C1CCC(Oc2ccc3cc([C@@](C)(N)CO)ccc3c2-c2ccc(S(C)(=O)=O)cc2)CC1. The molecule has 3 aromatic rings. The number of sulfone groups is 1. The highest BCUT2D eigenvalue weighted by atomic mass is 32.2. The lowest BCUT2D eigenvalue weighted by Crippen LogP contribution is -2.36. The van der Waals surface area contributed by atoms with E-state index in [9.17, 15) is 13.5 Å². The number of ether oxygens (including phenoxy) is 1. The number of aliphatic hydroxyl groups excluding tert-OH is 1. The van der Waals surface area contributed by atoms with Gasteiger partial charge in [-0.1, -0.05) is 51.1 Å². The summed E-state index contributed by atoms with van der Waals surface area (Å²) in [7, 11) is -3.29. The summed E-state index contributed by atoms with van der Waals surface area (Å²) < 4.78 is 30.7. The van der Waals surface area contributed by atoms with E-state index >= 15 is 0 Å². The Bertz CT molecular complexity index is 1330. The Kier molecular flexibility index (Phi) is 7.26. The molecular formula is C30H39NO4S. The molecule has 3 N–H and O–H groups in total. The van der Waals surface area contributed by atoms with Gasteiger partial charge < -0.3 is 15.6 Å². The zero-order valence-corrected chi connectivity index (χ0v) is 22.9. The van der Waals surface area contributed by atoms with Crippen LogP contribution in [0.4, 0.5) is 0 Å². The lowest BCUT2D eigenvalue weighted by Gasteiger charge is -2.37. The summed E-state index contributed by atoms with van der Waals surface area (Å²) in [6.07, 6.45) is 5.71. The molecule has 0 saturated heterocycles. The van der Waals surface area contributed by atoms with Crippen LogP contribution in [-0.2, 0) is 15.4 Å². The molecule has 6 heteroatoms. The highest BCUT2D eigenvalue weighted by molar-refractivity contribution is 7.90. The molecule has 1 atom stereocenters. The Morgan fingerprint density at radius 2 is 1.58 bits per heavy atom. The van der Waals surface area contributed by atoms with E-state index in [4.69, 9.17) is 10.5 Å². The van der Waals surface area contributed by atoms with Crippen molar-refractivity contribution in [3.63, 3.8) is 0 Å². The molecule has 4 rings (SSSR count). The number of hydrogen-bond acceptors (Lipinski definition) is 5. The summed E-state index contributed by atoms with van der Waals surface area (Å²) in [5.74, 6) is 1.51. The van der Waals surface area contributed by atoms with E-state index in [1.807, 2.05) is 49.4 Å². The molecule has 0 aromatic heterocycles. The normalized spacial score (nSPS) is 20.8. The van der Waals surface area contributed by atoms with Crippen molar-refractivity contribution in [2.24, 2.45) is 17.1 Å². The van der Waals surface area contributed by atoms with Gasteiger partial charge >= 0.3 is 0 Å². The molecule has 1 aliphatic carbocycles. The molecule has 194 valence electrons. The van der Waals surface area contributed by atoms with Gasteiger partial charge in [0.25, 0.3) is 0 Å². The monoisotopic (exact) mass is 509 g/mol. The van der Waals surface area contributed by atoms with Crippen LogP contribution >= 0.6 is 0 Å². The van der Waals surface area contributed by atoms with Gasteiger partial charge in [0.2, 0.25) is 0 Å². The van der Waals surface area contributed by atoms with E-state index < -0.39 is 15.4 Å². The van der Waals surface area contributed by atoms with Crippen LogP contribution in [0.1, 0.15) is 58.9 Å². The summed E-state index contributed by atoms with van der Waals surface area (Å²) in [5.41, 5.74) is 8.46. The summed E-state index contributed by atoms with van der Waals surface area (Å²) in [6, 6.07) is 17.0. The smallest absolute Gasteiger partial charge is 0.175 e. The maximum absolute atomic E-state index is 12.0. The number of rotatable bonds is 6. The molecule has 3 aromatic carbocycles. The van der Waals surface area contributed by atoms with E-state index in [1.165, 1.54) is 6.26 Å². The molecule has 1 saturated carbocycles. The number of aliphatic hydroxyl groups is 1. The van der Waals surface area contributed by atoms with Crippen molar-refractivity contribution in [2.45, 2.75) is 69.9 Å². The summed E-state index contributed by atoms with van der Waals surface area (Å²) in [6.45, 7) is 8.61. The fourth-order valence-electron chi connectivity index (χ4n) is 5.25. The van der Waals surface area contributed by atoms with Crippen LogP contribution in [0, 0.1) is 11.3 Å². The molecule has 0 spiro atoms. The molecule has 36 heavy (non-hydrogen) atoms. The quantitative estimate of drug-likeness (QED) is 0.422. The number of benzene rings is 3. The first-order valence-corrected chi connectivity index (χ1v) is 14.6. The van der Waals surface area contributed by atoms with Gasteiger partial charge in [0.1, 0.15) is 5.75 Å². The Labute approximate surface area is 215 Å². The van der Waals surface area contributed by atoms with Crippen molar-refractivity contribution in [1.82, 2.24) is 0 Å². The van der Waals surface area contributed by atoms with Crippen molar-refractivity contribution < 1.29 is 18.3 Å². The van der Waals surface area contributed by atoms with Crippen LogP contribution in [0.5, 0.6) is 5.75 Å². The van der Waals surface area contributed by atoms with Gasteiger partial charge in [0.15, 0.2) is 9.84 Å². The maximum Gasteiger partial charge on any atom is 0.175 e. The van der Waals surface area contributed by atoms with Crippen molar-refractivity contribution in [3.8, 4) is 16.9 Å². The van der Waals surface area contributed by atoms with E-state index in [-0.39, 0.29) is 12.7 Å². The van der Waals surface area contributed by atoms with Crippen molar-refractivity contribution in [2.75, 3.05) is 12.9 Å². The molecule has 0 amide bonds. The Balaban J connectivity index is 1.76. The van der Waals surface area contributed by atoms with Crippen LogP contribution in [-0.4, -0.2) is 32.5 Å². The second-order valence-electron chi connectivity index (χ2n) is 11.7. The van der Waals surface area contributed by atoms with Crippen molar-refractivity contribution in [3.05, 3.63) is 60.2 Å². The zero-order chi connectivity index (χ0) is 26.3. The molecule has 0 bridgehead atoms. The van der Waals surface area contributed by atoms with Crippen LogP contribution in [0.25, 0.3) is 21.9 Å². The van der Waals surface area contributed by atoms with Gasteiger partial charge in [-0.25, -0.2) is 8.42 Å². The average Bonchev–Trinajstić information content (AvgIpc) is 2.83. The molecule has 1 aliphatic rings. The fourth-order valence-corrected chi connectivity index (χ4v) is 5.88. The zero-order valence-electron chi connectivity index (χ0n) is 22.0. The number of nitrogens with two attached hydrogens (primary N) is 1. The van der Waals surface area contributed by atoms with Crippen LogP contribution < -0.4 is 10.5 Å². The molecule has 0 heterocycles. The van der Waals surface area contributed by atoms with Crippen molar-refractivity contribution >= 4 is 20.6 Å². The molecular weight excluding hydrogens is 470 g/mol. The lowest BCUT2D eigenvalue weighted by molar-refractivity contribution is 0.0887. The highest BCUT2D eigenvalue weighted by Crippen LogP contribution is 2.42. The van der Waals surface area contributed by atoms with Gasteiger partial charge in [-0.3, -0.25) is 0 Å². The molecule has 0 radical (unpaired) electrons. The van der Waals surface area contributed by atoms with Crippen LogP contribution in [0.15, 0.2) is 59.5 Å². The molecule has 0 aliphatic heterocycles. The summed E-state index contributed by atoms with van der Waals surface area (Å²) >= 11 is 0. The van der Waals surface area contributed by atoms with Gasteiger partial charge in [-0.05, 0) is 90.1 Å². The van der Waals surface area contributed by atoms with Gasteiger partial charge in [0.05, 0.1) is 23.1 Å². The maximum atomic E-state index is 12.0. The lowest BCUT2D eigenvalue weighted by atomic mass is 9.72. The van der Waals surface area contributed by atoms with E-state index in [2.05, 4.69) is 20.8 Å². The van der Waals surface area contributed by atoms with Gasteiger partial charge in [-0.15, -0.1) is 0 Å². The van der Waals surface area contributed by atoms with Gasteiger partial charge in [-0.2, -0.15) is 0 Å². The first-order valence-electron chi connectivity index (χ1n) is 12.7. The molecule has 5 nitrogen and oxygen atoms in total. The van der Waals surface area contributed by atoms with E-state index in [0.29, 0.717) is 16.2 Å². The standard InChI is InChI=1S/C30H39NO4S/c1-29(2,3)22-9-12-24(13-10-22)35-27-17-8-21-18-23(30(4,31)19-32)11-16-26(21)28(27)20-6-14-25(15-7-20)36(5,33)34/h6-8,11,14-18,22,24,32H,9-10,12-13,19,31H2,1-5H3/t22?,24?,30-/m0/s1. The first-order chi connectivity index (χ1) is 16.8. The number of hydrogen-bond donors (Lipinski definition) is 2. The highest BCUT2D eigenvalue weighted by Gasteiger charge is 2.31. The molecule has 0 unspecified atom stereocenters. The average molecular weight is 510 g/mol. The second kappa shape index (κ2) is 9.81. The third-order valence-electron chi connectivity index (χ3n) is 7.73. The topological polar surface area (TPSA) is 89.6 Å². The largest absolute Gasteiger partial charge is 0.490 e. The minimum atomic E-state index is -3.29. The second-order valence-corrected chi connectivity index (χ2v) is 13.7.